The summed E-state index contributed by atoms with van der Waals surface area (Å²) in [7, 11) is 0. The summed E-state index contributed by atoms with van der Waals surface area (Å²) in [6.45, 7) is 6.07. The van der Waals surface area contributed by atoms with Gasteiger partial charge >= 0.3 is 6.09 Å². The summed E-state index contributed by atoms with van der Waals surface area (Å²) in [6, 6.07) is 5.71. The highest BCUT2D eigenvalue weighted by Crippen LogP contribution is 2.29. The first-order chi connectivity index (χ1) is 15.1. The van der Waals surface area contributed by atoms with Crippen molar-refractivity contribution >= 4 is 23.8 Å². The second-order valence-electron chi connectivity index (χ2n) is 8.04. The van der Waals surface area contributed by atoms with Crippen LogP contribution in [0, 0.1) is 5.92 Å². The average molecular weight is 445 g/mol. The van der Waals surface area contributed by atoms with Crippen LogP contribution in [0.4, 0.5) is 4.79 Å². The molecule has 4 rings (SSSR count). The smallest absolute Gasteiger partial charge is 0.410 e. The van der Waals surface area contributed by atoms with E-state index in [1.165, 1.54) is 11.8 Å². The molecule has 0 N–H and O–H groups in total. The number of rotatable bonds is 7. The molecule has 0 spiro atoms. The molecule has 2 aliphatic rings. The van der Waals surface area contributed by atoms with Crippen LogP contribution in [-0.4, -0.2) is 69.3 Å². The Bertz CT molecular complexity index is 899. The molecule has 9 heteroatoms. The van der Waals surface area contributed by atoms with E-state index in [9.17, 15) is 9.59 Å². The minimum absolute atomic E-state index is 0.0675. The van der Waals surface area contributed by atoms with Gasteiger partial charge in [0, 0.05) is 25.3 Å². The molecule has 0 aromatic carbocycles. The third-order valence-corrected chi connectivity index (χ3v) is 7.04. The Labute approximate surface area is 186 Å². The number of thioether (sulfide) groups is 1. The second-order valence-corrected chi connectivity index (χ2v) is 8.98. The largest absolute Gasteiger partial charge is 0.463 e. The second kappa shape index (κ2) is 9.72. The third kappa shape index (κ3) is 4.87. The Morgan fingerprint density at radius 2 is 2.13 bits per heavy atom. The third-order valence-electron chi connectivity index (χ3n) is 6.19. The van der Waals surface area contributed by atoms with Gasteiger partial charge in [-0.25, -0.2) is 14.8 Å². The number of carbonyl (C=O) groups excluding carboxylic acids is 2. The zero-order valence-corrected chi connectivity index (χ0v) is 18.7. The van der Waals surface area contributed by atoms with Gasteiger partial charge in [-0.05, 0) is 37.0 Å². The highest BCUT2D eigenvalue weighted by atomic mass is 32.2. The van der Waals surface area contributed by atoms with Gasteiger partial charge in [-0.3, -0.25) is 9.69 Å². The molecule has 2 saturated heterocycles. The van der Waals surface area contributed by atoms with Crippen LogP contribution in [-0.2, 0) is 9.53 Å². The fraction of sp³-hybridized carbons (Fsp3) is 0.545. The first-order valence-electron chi connectivity index (χ1n) is 10.8. The highest BCUT2D eigenvalue weighted by Gasteiger charge is 2.41. The Kier molecular flexibility index (Phi) is 6.80. The average Bonchev–Trinajstić information content (AvgIpc) is 3.47. The molecule has 2 atom stereocenters. The molecular weight excluding hydrogens is 416 g/mol. The lowest BCUT2D eigenvalue weighted by Gasteiger charge is -2.39. The number of furan rings is 1. The first-order valence-corrected chi connectivity index (χ1v) is 11.8. The fourth-order valence-corrected chi connectivity index (χ4v) is 4.89. The normalized spacial score (nSPS) is 20.7. The van der Waals surface area contributed by atoms with Crippen LogP contribution in [0.15, 0.2) is 40.2 Å². The topological polar surface area (TPSA) is 88.8 Å². The van der Waals surface area contributed by atoms with Gasteiger partial charge in [0.2, 0.25) is 5.91 Å². The van der Waals surface area contributed by atoms with Crippen molar-refractivity contribution in [1.82, 2.24) is 19.8 Å². The Morgan fingerprint density at radius 1 is 1.32 bits per heavy atom. The molecule has 0 bridgehead atoms. The number of hydrogen-bond acceptors (Lipinski definition) is 7. The molecule has 2 amide bonds. The number of aromatic nitrogens is 2. The molecule has 2 aromatic heterocycles. The lowest BCUT2D eigenvalue weighted by molar-refractivity contribution is -0.129. The van der Waals surface area contributed by atoms with Gasteiger partial charge in [0.25, 0.3) is 0 Å². The molecule has 0 aliphatic carbocycles. The molecule has 2 fully saturated rings. The summed E-state index contributed by atoms with van der Waals surface area (Å²) in [5.74, 6) is 1.43. The van der Waals surface area contributed by atoms with Crippen molar-refractivity contribution in [2.24, 2.45) is 5.92 Å². The van der Waals surface area contributed by atoms with Gasteiger partial charge in [0.15, 0.2) is 10.9 Å². The Balaban J connectivity index is 1.29. The minimum Gasteiger partial charge on any atom is -0.463 e. The fourth-order valence-electron chi connectivity index (χ4n) is 4.16. The predicted molar refractivity (Wildman–Crippen MR) is 116 cm³/mol. The lowest BCUT2D eigenvalue weighted by atomic mass is 9.95. The number of nitrogens with zero attached hydrogens (tertiary/aromatic N) is 4. The van der Waals surface area contributed by atoms with Crippen molar-refractivity contribution in [3.63, 3.8) is 0 Å². The lowest BCUT2D eigenvalue weighted by Crippen LogP contribution is -2.51. The Morgan fingerprint density at radius 3 is 2.84 bits per heavy atom. The van der Waals surface area contributed by atoms with Gasteiger partial charge in [-0.15, -0.1) is 0 Å². The molecule has 4 heterocycles. The number of likely N-dealkylation sites (tertiary alicyclic amines) is 1. The van der Waals surface area contributed by atoms with Gasteiger partial charge in [0.05, 0.1) is 18.1 Å². The van der Waals surface area contributed by atoms with Crippen LogP contribution in [0.3, 0.4) is 0 Å². The van der Waals surface area contributed by atoms with Crippen LogP contribution in [0.25, 0.3) is 11.5 Å². The van der Waals surface area contributed by atoms with Crippen LogP contribution in [0.2, 0.25) is 0 Å². The maximum atomic E-state index is 12.7. The molecule has 2 unspecified atom stereocenters. The van der Waals surface area contributed by atoms with Gasteiger partial charge in [-0.1, -0.05) is 32.0 Å². The van der Waals surface area contributed by atoms with E-state index in [4.69, 9.17) is 9.15 Å². The monoisotopic (exact) mass is 444 g/mol. The summed E-state index contributed by atoms with van der Waals surface area (Å²) in [5.41, 5.74) is 0.698. The van der Waals surface area contributed by atoms with Crippen LogP contribution in [0.1, 0.15) is 33.1 Å². The molecule has 8 nitrogen and oxygen atoms in total. The van der Waals surface area contributed by atoms with Crippen molar-refractivity contribution in [3.8, 4) is 11.5 Å². The number of amides is 2. The van der Waals surface area contributed by atoms with Gasteiger partial charge < -0.3 is 14.1 Å². The summed E-state index contributed by atoms with van der Waals surface area (Å²) in [4.78, 5) is 37.5. The quantitative estimate of drug-likeness (QED) is 0.475. The van der Waals surface area contributed by atoms with E-state index in [1.54, 1.807) is 18.5 Å². The van der Waals surface area contributed by atoms with Crippen molar-refractivity contribution < 1.29 is 18.7 Å². The standard InChI is InChI=1S/C22H28N4O4S/c1-3-15(2)18-13-30-22(28)26(18)16-7-10-25(11-8-16)20(27)14-31-21-23-9-6-17(24-21)19-5-4-12-29-19/h4-6,9,12,15-16,18H,3,7-8,10-11,13-14H2,1-2H3. The summed E-state index contributed by atoms with van der Waals surface area (Å²) in [6.07, 6.45) is 5.64. The first kappa shape index (κ1) is 21.7. The van der Waals surface area contributed by atoms with E-state index < -0.39 is 0 Å². The van der Waals surface area contributed by atoms with E-state index in [-0.39, 0.29) is 29.8 Å². The molecular formula is C22H28N4O4S. The maximum absolute atomic E-state index is 12.7. The molecule has 31 heavy (non-hydrogen) atoms. The predicted octanol–water partition coefficient (Wildman–Crippen LogP) is 3.69. The summed E-state index contributed by atoms with van der Waals surface area (Å²) in [5, 5.41) is 0.549. The van der Waals surface area contributed by atoms with Crippen molar-refractivity contribution in [2.75, 3.05) is 25.4 Å². The van der Waals surface area contributed by atoms with Crippen LogP contribution in [0.5, 0.6) is 0 Å². The molecule has 0 saturated carbocycles. The number of cyclic esters (lactones) is 1. The summed E-state index contributed by atoms with van der Waals surface area (Å²) >= 11 is 1.33. The number of ether oxygens (including phenoxy) is 1. The Hall–Kier alpha value is -2.55. The minimum atomic E-state index is -0.209. The van der Waals surface area contributed by atoms with Crippen molar-refractivity contribution in [3.05, 3.63) is 30.7 Å². The van der Waals surface area contributed by atoms with E-state index in [0.717, 1.165) is 19.3 Å². The van der Waals surface area contributed by atoms with Gasteiger partial charge in [0.1, 0.15) is 12.3 Å². The highest BCUT2D eigenvalue weighted by molar-refractivity contribution is 7.99. The zero-order chi connectivity index (χ0) is 21.8. The molecule has 2 aromatic rings. The summed E-state index contributed by atoms with van der Waals surface area (Å²) < 4.78 is 10.7. The molecule has 0 radical (unpaired) electrons. The molecule has 166 valence electrons. The van der Waals surface area contributed by atoms with Crippen LogP contribution < -0.4 is 0 Å². The molecule has 2 aliphatic heterocycles. The number of hydrogen-bond donors (Lipinski definition) is 0. The van der Waals surface area contributed by atoms with Crippen molar-refractivity contribution in [2.45, 2.75) is 50.4 Å². The van der Waals surface area contributed by atoms with Crippen molar-refractivity contribution in [1.29, 1.82) is 0 Å². The van der Waals surface area contributed by atoms with Crippen LogP contribution >= 0.6 is 11.8 Å². The van der Waals surface area contributed by atoms with E-state index >= 15 is 0 Å². The van der Waals surface area contributed by atoms with E-state index in [2.05, 4.69) is 23.8 Å². The number of carbonyl (C=O) groups is 2. The zero-order valence-electron chi connectivity index (χ0n) is 17.9. The SMILES string of the molecule is CCC(C)C1COC(=O)N1C1CCN(C(=O)CSc2nccc(-c3ccco3)n2)CC1. The number of piperidine rings is 1. The van der Waals surface area contributed by atoms with E-state index in [0.29, 0.717) is 42.2 Å². The van der Waals surface area contributed by atoms with Gasteiger partial charge in [-0.2, -0.15) is 0 Å². The van der Waals surface area contributed by atoms with E-state index in [1.807, 2.05) is 21.9 Å². The maximum Gasteiger partial charge on any atom is 0.410 e.